The highest BCUT2D eigenvalue weighted by atomic mass is 32.2. The van der Waals surface area contributed by atoms with E-state index in [9.17, 15) is 8.42 Å². The maximum Gasteiger partial charge on any atom is 0.279 e. The summed E-state index contributed by atoms with van der Waals surface area (Å²) in [6.07, 6.45) is 0. The molecular weight excluding hydrogens is 250 g/mol. The summed E-state index contributed by atoms with van der Waals surface area (Å²) in [6.45, 7) is 3.76. The molecule has 0 aliphatic rings. The van der Waals surface area contributed by atoms with E-state index in [2.05, 4.69) is 4.72 Å². The van der Waals surface area contributed by atoms with Crippen LogP contribution in [0.15, 0.2) is 24.3 Å². The summed E-state index contributed by atoms with van der Waals surface area (Å²) in [7, 11) is -1.97. The first-order valence-electron chi connectivity index (χ1n) is 5.58. The first-order chi connectivity index (χ1) is 8.35. The van der Waals surface area contributed by atoms with Crippen LogP contribution in [-0.2, 0) is 16.8 Å². The Morgan fingerprint density at radius 2 is 2.11 bits per heavy atom. The van der Waals surface area contributed by atoms with Crippen LogP contribution in [0.25, 0.3) is 0 Å². The Morgan fingerprint density at radius 3 is 2.67 bits per heavy atom. The molecule has 0 aromatic heterocycles. The number of nitrogens with one attached hydrogen (secondary N) is 1. The topological polar surface area (TPSA) is 73.2 Å². The largest absolute Gasteiger partial charge is 0.279 e. The van der Waals surface area contributed by atoms with Crippen molar-refractivity contribution in [1.29, 1.82) is 5.26 Å². The van der Waals surface area contributed by atoms with Crippen LogP contribution in [0.5, 0.6) is 0 Å². The molecule has 1 aromatic rings. The predicted octanol–water partition coefficient (Wildman–Crippen LogP) is 1.23. The van der Waals surface area contributed by atoms with E-state index in [0.717, 1.165) is 5.56 Å². The van der Waals surface area contributed by atoms with Gasteiger partial charge in [0.15, 0.2) is 0 Å². The minimum Gasteiger partial charge on any atom is -0.200 e. The molecule has 0 radical (unpaired) electrons. The summed E-state index contributed by atoms with van der Waals surface area (Å²) in [4.78, 5) is 0. The lowest BCUT2D eigenvalue weighted by Gasteiger charge is -2.19. The third kappa shape index (κ3) is 4.11. The van der Waals surface area contributed by atoms with Crippen molar-refractivity contribution in [2.24, 2.45) is 0 Å². The van der Waals surface area contributed by atoms with E-state index in [1.165, 1.54) is 11.4 Å². The van der Waals surface area contributed by atoms with Gasteiger partial charge in [0.2, 0.25) is 0 Å². The quantitative estimate of drug-likeness (QED) is 0.872. The molecule has 18 heavy (non-hydrogen) atoms. The molecule has 0 aliphatic heterocycles. The molecule has 0 aliphatic carbocycles. The average Bonchev–Trinajstić information content (AvgIpc) is 2.27. The molecule has 1 rings (SSSR count). The van der Waals surface area contributed by atoms with E-state index >= 15 is 0 Å². The normalized spacial score (nSPS) is 11.8. The Morgan fingerprint density at radius 1 is 1.44 bits per heavy atom. The second-order valence-corrected chi connectivity index (χ2v) is 6.15. The zero-order valence-electron chi connectivity index (χ0n) is 10.7. The molecular formula is C12H17N3O2S. The van der Waals surface area contributed by atoms with Gasteiger partial charge in [0, 0.05) is 19.6 Å². The zero-order valence-corrected chi connectivity index (χ0v) is 11.5. The van der Waals surface area contributed by atoms with Crippen LogP contribution in [0, 0.1) is 11.3 Å². The number of nitrogens with zero attached hydrogens (tertiary/aromatic N) is 2. The van der Waals surface area contributed by atoms with Gasteiger partial charge < -0.3 is 0 Å². The van der Waals surface area contributed by atoms with Gasteiger partial charge in [-0.05, 0) is 31.5 Å². The third-order valence-electron chi connectivity index (χ3n) is 2.26. The van der Waals surface area contributed by atoms with Gasteiger partial charge in [-0.3, -0.25) is 0 Å². The van der Waals surface area contributed by atoms with Gasteiger partial charge in [0.05, 0.1) is 11.6 Å². The van der Waals surface area contributed by atoms with Crippen LogP contribution in [0.4, 0.5) is 0 Å². The Bertz CT molecular complexity index is 547. The van der Waals surface area contributed by atoms with E-state index in [4.69, 9.17) is 5.26 Å². The molecule has 0 saturated heterocycles. The standard InChI is InChI=1S/C12H17N3O2S/c1-10(2)14-18(16,17)15(3)9-12-6-4-5-11(7-12)8-13/h4-7,10,14H,9H2,1-3H3. The van der Waals surface area contributed by atoms with E-state index < -0.39 is 10.2 Å². The lowest BCUT2D eigenvalue weighted by Crippen LogP contribution is -2.41. The van der Waals surface area contributed by atoms with Crippen molar-refractivity contribution in [2.75, 3.05) is 7.05 Å². The van der Waals surface area contributed by atoms with Crippen LogP contribution >= 0.6 is 0 Å². The van der Waals surface area contributed by atoms with Crippen molar-refractivity contribution in [3.8, 4) is 6.07 Å². The van der Waals surface area contributed by atoms with Crippen LogP contribution in [-0.4, -0.2) is 25.8 Å². The third-order valence-corrected chi connectivity index (χ3v) is 3.98. The smallest absolute Gasteiger partial charge is 0.200 e. The van der Waals surface area contributed by atoms with Gasteiger partial charge in [-0.1, -0.05) is 12.1 Å². The molecule has 98 valence electrons. The van der Waals surface area contributed by atoms with Crippen molar-refractivity contribution in [2.45, 2.75) is 26.4 Å². The van der Waals surface area contributed by atoms with Gasteiger partial charge in [-0.15, -0.1) is 0 Å². The molecule has 0 bridgehead atoms. The second kappa shape index (κ2) is 5.96. The van der Waals surface area contributed by atoms with E-state index in [0.29, 0.717) is 5.56 Å². The molecule has 0 amide bonds. The monoisotopic (exact) mass is 267 g/mol. The minimum atomic E-state index is -3.48. The van der Waals surface area contributed by atoms with Crippen LogP contribution in [0.3, 0.4) is 0 Å². The van der Waals surface area contributed by atoms with Gasteiger partial charge in [-0.25, -0.2) is 0 Å². The Kier molecular flexibility index (Phi) is 4.84. The van der Waals surface area contributed by atoms with E-state index in [1.54, 1.807) is 38.1 Å². The average molecular weight is 267 g/mol. The molecule has 1 N–H and O–H groups in total. The van der Waals surface area contributed by atoms with Crippen molar-refractivity contribution in [3.05, 3.63) is 35.4 Å². The molecule has 0 heterocycles. The molecule has 0 fully saturated rings. The van der Waals surface area contributed by atoms with Gasteiger partial charge in [0.1, 0.15) is 0 Å². The van der Waals surface area contributed by atoms with Crippen LogP contribution < -0.4 is 4.72 Å². The molecule has 5 nitrogen and oxygen atoms in total. The van der Waals surface area contributed by atoms with E-state index in [1.807, 2.05) is 6.07 Å². The summed E-state index contributed by atoms with van der Waals surface area (Å²) >= 11 is 0. The maximum atomic E-state index is 11.8. The SMILES string of the molecule is CC(C)NS(=O)(=O)N(C)Cc1cccc(C#N)c1. The van der Waals surface area contributed by atoms with Crippen molar-refractivity contribution in [3.63, 3.8) is 0 Å². The first kappa shape index (κ1) is 14.6. The molecule has 0 unspecified atom stereocenters. The summed E-state index contributed by atoms with van der Waals surface area (Å²) in [5.41, 5.74) is 1.31. The highest BCUT2D eigenvalue weighted by Crippen LogP contribution is 2.09. The van der Waals surface area contributed by atoms with Gasteiger partial charge in [0.25, 0.3) is 10.2 Å². The van der Waals surface area contributed by atoms with Crippen LogP contribution in [0.1, 0.15) is 25.0 Å². The van der Waals surface area contributed by atoms with Crippen molar-refractivity contribution >= 4 is 10.2 Å². The van der Waals surface area contributed by atoms with E-state index in [-0.39, 0.29) is 12.6 Å². The van der Waals surface area contributed by atoms with Crippen LogP contribution in [0.2, 0.25) is 0 Å². The Balaban J connectivity index is 2.81. The lowest BCUT2D eigenvalue weighted by atomic mass is 10.1. The molecule has 0 atom stereocenters. The number of hydrogen-bond donors (Lipinski definition) is 1. The molecule has 6 heteroatoms. The number of hydrogen-bond acceptors (Lipinski definition) is 3. The first-order valence-corrected chi connectivity index (χ1v) is 7.02. The Labute approximate surface area is 108 Å². The fourth-order valence-electron chi connectivity index (χ4n) is 1.47. The van der Waals surface area contributed by atoms with Gasteiger partial charge >= 0.3 is 0 Å². The highest BCUT2D eigenvalue weighted by molar-refractivity contribution is 7.87. The number of benzene rings is 1. The molecule has 1 aromatic carbocycles. The summed E-state index contributed by atoms with van der Waals surface area (Å²) < 4.78 is 27.4. The number of rotatable bonds is 5. The lowest BCUT2D eigenvalue weighted by molar-refractivity contribution is 0.449. The number of nitriles is 1. The summed E-state index contributed by atoms with van der Waals surface area (Å²) in [6, 6.07) is 8.78. The zero-order chi connectivity index (χ0) is 13.8. The second-order valence-electron chi connectivity index (χ2n) is 4.35. The maximum absolute atomic E-state index is 11.8. The molecule has 0 saturated carbocycles. The van der Waals surface area contributed by atoms with Crippen molar-refractivity contribution < 1.29 is 8.42 Å². The van der Waals surface area contributed by atoms with Crippen molar-refractivity contribution in [1.82, 2.24) is 9.03 Å². The summed E-state index contributed by atoms with van der Waals surface area (Å²) in [5, 5.41) is 8.78. The minimum absolute atomic E-state index is 0.150. The Hall–Kier alpha value is -1.42. The highest BCUT2D eigenvalue weighted by Gasteiger charge is 2.18. The predicted molar refractivity (Wildman–Crippen MR) is 69.8 cm³/mol. The fourth-order valence-corrected chi connectivity index (χ4v) is 2.56. The summed E-state index contributed by atoms with van der Waals surface area (Å²) in [5.74, 6) is 0. The fraction of sp³-hybridized carbons (Fsp3) is 0.417. The van der Waals surface area contributed by atoms with Gasteiger partial charge in [-0.2, -0.15) is 22.7 Å². The molecule has 0 spiro atoms.